The minimum Gasteiger partial charge on any atom is -0.397 e. The number of nitrogens with zero attached hydrogens (tertiary/aromatic N) is 4. The maximum atomic E-state index is 13.6. The number of nitrogens with one attached hydrogen (secondary N) is 1. The molecule has 0 saturated carbocycles. The molecule has 0 spiro atoms. The fraction of sp³-hybridized carbons (Fsp3) is 0.350. The molecule has 148 valence electrons. The molecule has 1 saturated heterocycles. The molecule has 4 rings (SSSR count). The third-order valence-electron chi connectivity index (χ3n) is 4.59. The van der Waals surface area contributed by atoms with Gasteiger partial charge in [-0.2, -0.15) is 0 Å². The number of amides is 1. The molecule has 1 aliphatic rings. The molecule has 2 aromatic heterocycles. The number of aromatic nitrogens is 3. The molecule has 3 heterocycles. The van der Waals surface area contributed by atoms with Gasteiger partial charge in [0.25, 0.3) is 5.91 Å². The molecule has 3 aromatic rings. The summed E-state index contributed by atoms with van der Waals surface area (Å²) in [5.74, 6) is 0.284. The van der Waals surface area contributed by atoms with E-state index in [1.165, 1.54) is 12.3 Å². The Kier molecular flexibility index (Phi) is 6.20. The summed E-state index contributed by atoms with van der Waals surface area (Å²) in [6, 6.07) is 10.5. The number of aliphatic hydroxyl groups is 1. The lowest BCUT2D eigenvalue weighted by atomic mass is 10.0. The van der Waals surface area contributed by atoms with Crippen LogP contribution < -0.4 is 10.2 Å². The number of rotatable bonds is 3. The highest BCUT2D eigenvalue weighted by Gasteiger charge is 2.28. The highest BCUT2D eigenvalue weighted by Crippen LogP contribution is 2.35. The van der Waals surface area contributed by atoms with Crippen LogP contribution >= 0.6 is 0 Å². The van der Waals surface area contributed by atoms with Crippen LogP contribution in [0.4, 0.5) is 10.2 Å². The van der Waals surface area contributed by atoms with E-state index < -0.39 is 0 Å². The molecule has 1 fully saturated rings. The Bertz CT molecular complexity index is 959. The Morgan fingerprint density at radius 1 is 1.36 bits per heavy atom. The van der Waals surface area contributed by atoms with Gasteiger partial charge in [0, 0.05) is 20.2 Å². The summed E-state index contributed by atoms with van der Waals surface area (Å²) in [6.07, 6.45) is 3.46. The van der Waals surface area contributed by atoms with Gasteiger partial charge in [-0.15, -0.1) is 5.10 Å². The molecule has 28 heavy (non-hydrogen) atoms. The number of fused-ring (bicyclic) bond motifs is 1. The molecule has 2 N–H and O–H groups in total. The Hall–Kier alpha value is -3.00. The highest BCUT2D eigenvalue weighted by atomic mass is 19.1. The van der Waals surface area contributed by atoms with Crippen molar-refractivity contribution in [1.82, 2.24) is 19.9 Å². The Morgan fingerprint density at radius 2 is 2.14 bits per heavy atom. The first-order chi connectivity index (χ1) is 13.6. The number of benzene rings is 1. The number of hydrogen-bond donors (Lipinski definition) is 2. The van der Waals surface area contributed by atoms with Crippen molar-refractivity contribution in [2.45, 2.75) is 25.8 Å². The minimum absolute atomic E-state index is 0.0765. The summed E-state index contributed by atoms with van der Waals surface area (Å²) in [5, 5.41) is 14.8. The zero-order chi connectivity index (χ0) is 20.1. The summed E-state index contributed by atoms with van der Waals surface area (Å²) in [5.41, 5.74) is 1.95. The van der Waals surface area contributed by atoms with E-state index in [1.54, 1.807) is 30.6 Å². The summed E-state index contributed by atoms with van der Waals surface area (Å²) in [6.45, 7) is 2.77. The summed E-state index contributed by atoms with van der Waals surface area (Å²) in [7, 11) is 1.58. The normalized spacial score (nSPS) is 16.0. The molecule has 1 unspecified atom stereocenters. The van der Waals surface area contributed by atoms with E-state index in [1.807, 2.05) is 18.2 Å². The van der Waals surface area contributed by atoms with E-state index in [9.17, 15) is 9.18 Å². The maximum absolute atomic E-state index is 13.6. The first kappa shape index (κ1) is 19.8. The second-order valence-corrected chi connectivity index (χ2v) is 6.41. The number of imidazole rings is 1. The minimum atomic E-state index is -0.236. The van der Waals surface area contributed by atoms with Gasteiger partial charge < -0.3 is 15.3 Å². The topological polar surface area (TPSA) is 82.8 Å². The van der Waals surface area contributed by atoms with E-state index in [2.05, 4.69) is 20.3 Å². The van der Waals surface area contributed by atoms with Gasteiger partial charge >= 0.3 is 0 Å². The largest absolute Gasteiger partial charge is 0.397 e. The van der Waals surface area contributed by atoms with Crippen LogP contribution in [0.15, 0.2) is 42.6 Å². The molecular weight excluding hydrogens is 361 g/mol. The van der Waals surface area contributed by atoms with Crippen LogP contribution in [0.3, 0.4) is 0 Å². The molecule has 1 aromatic carbocycles. The van der Waals surface area contributed by atoms with Gasteiger partial charge in [0.15, 0.2) is 11.3 Å². The first-order valence-corrected chi connectivity index (χ1v) is 9.28. The standard InChI is InChI=1S/C18H18FN5O.C2H6O/c1-20-18(25)15-11-21-16-7-8-17(22-24(15)16)23-9-3-6-14(23)12-4-2-5-13(19)10-12;1-2-3/h2,4-5,7-8,10-11,14H,3,6,9H2,1H3,(H,20,25);3H,2H2,1H3. The van der Waals surface area contributed by atoms with E-state index in [-0.39, 0.29) is 24.4 Å². The molecule has 1 aliphatic heterocycles. The number of aliphatic hydroxyl groups excluding tert-OH is 1. The van der Waals surface area contributed by atoms with E-state index in [0.29, 0.717) is 11.3 Å². The van der Waals surface area contributed by atoms with Crippen molar-refractivity contribution in [3.05, 3.63) is 59.7 Å². The van der Waals surface area contributed by atoms with Crippen LogP contribution in [0.1, 0.15) is 41.9 Å². The van der Waals surface area contributed by atoms with Gasteiger partial charge in [0.05, 0.1) is 12.2 Å². The third kappa shape index (κ3) is 3.96. The quantitative estimate of drug-likeness (QED) is 0.724. The number of hydrogen-bond acceptors (Lipinski definition) is 5. The van der Waals surface area contributed by atoms with Crippen LogP contribution in [0.2, 0.25) is 0 Å². The van der Waals surface area contributed by atoms with Gasteiger partial charge in [0.2, 0.25) is 0 Å². The fourth-order valence-electron chi connectivity index (χ4n) is 3.40. The molecular formula is C20H24FN5O2. The maximum Gasteiger partial charge on any atom is 0.271 e. The summed E-state index contributed by atoms with van der Waals surface area (Å²) < 4.78 is 15.2. The molecule has 7 nitrogen and oxygen atoms in total. The lowest BCUT2D eigenvalue weighted by Crippen LogP contribution is -2.25. The second kappa shape index (κ2) is 8.79. The van der Waals surface area contributed by atoms with E-state index in [4.69, 9.17) is 5.11 Å². The molecule has 1 atom stereocenters. The number of carbonyl (C=O) groups is 1. The van der Waals surface area contributed by atoms with Gasteiger partial charge in [-0.1, -0.05) is 12.1 Å². The Morgan fingerprint density at radius 3 is 2.86 bits per heavy atom. The van der Waals surface area contributed by atoms with Crippen molar-refractivity contribution in [2.24, 2.45) is 0 Å². The van der Waals surface area contributed by atoms with Crippen molar-refractivity contribution < 1.29 is 14.3 Å². The summed E-state index contributed by atoms with van der Waals surface area (Å²) in [4.78, 5) is 18.3. The molecule has 0 aliphatic carbocycles. The molecule has 0 bridgehead atoms. The first-order valence-electron chi connectivity index (χ1n) is 9.28. The monoisotopic (exact) mass is 385 g/mol. The van der Waals surface area contributed by atoms with Crippen molar-refractivity contribution in [3.63, 3.8) is 0 Å². The molecule has 1 amide bonds. The predicted octanol–water partition coefficient (Wildman–Crippen LogP) is 2.57. The number of anilines is 1. The Labute approximate surface area is 162 Å². The van der Waals surface area contributed by atoms with Crippen LogP contribution in [0.25, 0.3) is 5.65 Å². The zero-order valence-corrected chi connectivity index (χ0v) is 16.0. The third-order valence-corrected chi connectivity index (χ3v) is 4.59. The SMILES string of the molecule is CCO.CNC(=O)c1cnc2ccc(N3CCCC3c3cccc(F)c3)nn12. The van der Waals surface area contributed by atoms with Crippen LogP contribution in [0.5, 0.6) is 0 Å². The van der Waals surface area contributed by atoms with Crippen LogP contribution in [0, 0.1) is 5.82 Å². The zero-order valence-electron chi connectivity index (χ0n) is 16.0. The van der Waals surface area contributed by atoms with Crippen molar-refractivity contribution in [1.29, 1.82) is 0 Å². The smallest absolute Gasteiger partial charge is 0.271 e. The predicted molar refractivity (Wildman–Crippen MR) is 105 cm³/mol. The average Bonchev–Trinajstić information content (AvgIpc) is 3.34. The van der Waals surface area contributed by atoms with Gasteiger partial charge in [-0.25, -0.2) is 13.9 Å². The lowest BCUT2D eigenvalue weighted by Gasteiger charge is -2.26. The van der Waals surface area contributed by atoms with Crippen LogP contribution in [-0.4, -0.2) is 45.8 Å². The van der Waals surface area contributed by atoms with Crippen molar-refractivity contribution in [2.75, 3.05) is 25.1 Å². The highest BCUT2D eigenvalue weighted by molar-refractivity contribution is 5.92. The van der Waals surface area contributed by atoms with Crippen molar-refractivity contribution >= 4 is 17.4 Å². The molecule has 0 radical (unpaired) electrons. The lowest BCUT2D eigenvalue weighted by molar-refractivity contribution is 0.0956. The second-order valence-electron chi connectivity index (χ2n) is 6.41. The van der Waals surface area contributed by atoms with Gasteiger partial charge in [-0.3, -0.25) is 4.79 Å². The van der Waals surface area contributed by atoms with E-state index >= 15 is 0 Å². The van der Waals surface area contributed by atoms with Crippen LogP contribution in [-0.2, 0) is 0 Å². The summed E-state index contributed by atoms with van der Waals surface area (Å²) >= 11 is 0. The van der Waals surface area contributed by atoms with Gasteiger partial charge in [0.1, 0.15) is 11.6 Å². The van der Waals surface area contributed by atoms with E-state index in [0.717, 1.165) is 30.8 Å². The van der Waals surface area contributed by atoms with Crippen molar-refractivity contribution in [3.8, 4) is 0 Å². The fourth-order valence-corrected chi connectivity index (χ4v) is 3.40. The average molecular weight is 385 g/mol. The van der Waals surface area contributed by atoms with Gasteiger partial charge in [-0.05, 0) is 49.6 Å². The molecule has 8 heteroatoms. The number of halogens is 1. The Balaban J connectivity index is 0.000000706. The number of carbonyl (C=O) groups excluding carboxylic acids is 1.